The number of hydrogen-bond acceptors (Lipinski definition) is 6. The van der Waals surface area contributed by atoms with Crippen LogP contribution in [0.1, 0.15) is 29.5 Å². The lowest BCUT2D eigenvalue weighted by molar-refractivity contribution is -0.156. The SMILES string of the molecule is O=C1C=C2c3cc4c(cc3CCN3C(=O)CCC23[C@@H]1C(=O)OCc1ccccc1)OCO4. The Balaban J connectivity index is 1.41. The minimum absolute atomic E-state index is 0.0423. The van der Waals surface area contributed by atoms with Gasteiger partial charge in [-0.1, -0.05) is 30.3 Å². The van der Waals surface area contributed by atoms with Gasteiger partial charge in [0.15, 0.2) is 17.3 Å². The molecule has 2 aromatic carbocycles. The Morgan fingerprint density at radius 1 is 1.09 bits per heavy atom. The number of ketones is 1. The van der Waals surface area contributed by atoms with Crippen molar-refractivity contribution in [2.24, 2.45) is 5.92 Å². The van der Waals surface area contributed by atoms with Crippen LogP contribution in [0.2, 0.25) is 0 Å². The third-order valence-electron chi connectivity index (χ3n) is 6.97. The Morgan fingerprint density at radius 3 is 2.69 bits per heavy atom. The molecule has 7 heteroatoms. The van der Waals surface area contributed by atoms with Crippen LogP contribution >= 0.6 is 0 Å². The van der Waals surface area contributed by atoms with Crippen molar-refractivity contribution in [2.75, 3.05) is 13.3 Å². The summed E-state index contributed by atoms with van der Waals surface area (Å²) in [4.78, 5) is 41.1. The summed E-state index contributed by atoms with van der Waals surface area (Å²) in [6.07, 6.45) is 2.85. The van der Waals surface area contributed by atoms with E-state index in [-0.39, 0.29) is 25.1 Å². The smallest absolute Gasteiger partial charge is 0.319 e. The summed E-state index contributed by atoms with van der Waals surface area (Å²) in [7, 11) is 0. The minimum atomic E-state index is -1.07. The molecule has 0 aromatic heterocycles. The van der Waals surface area contributed by atoms with Gasteiger partial charge in [0.1, 0.15) is 12.5 Å². The van der Waals surface area contributed by atoms with Crippen LogP contribution in [0.4, 0.5) is 0 Å². The summed E-state index contributed by atoms with van der Waals surface area (Å²) < 4.78 is 16.7. The highest BCUT2D eigenvalue weighted by molar-refractivity contribution is 6.18. The molecule has 3 aliphatic heterocycles. The molecule has 1 unspecified atom stereocenters. The van der Waals surface area contributed by atoms with Crippen molar-refractivity contribution in [1.29, 1.82) is 0 Å². The van der Waals surface area contributed by atoms with Crippen LogP contribution in [0.3, 0.4) is 0 Å². The van der Waals surface area contributed by atoms with E-state index in [2.05, 4.69) is 0 Å². The Kier molecular flexibility index (Phi) is 4.15. The standard InChI is InChI=1S/C25H21NO6/c27-19-12-18-17-11-21-20(31-14-32-21)10-16(17)7-9-26-22(28)6-8-25(18,26)23(19)24(29)30-13-15-4-2-1-3-5-15/h1-5,10-12,23H,6-9,13-14H2/t23-,25?/m0/s1. The van der Waals surface area contributed by atoms with Gasteiger partial charge in [-0.25, -0.2) is 0 Å². The fraction of sp³-hybridized carbons (Fsp3) is 0.320. The summed E-state index contributed by atoms with van der Waals surface area (Å²) in [5.74, 6) is -0.740. The van der Waals surface area contributed by atoms with Gasteiger partial charge in [0.2, 0.25) is 12.7 Å². The quantitative estimate of drug-likeness (QED) is 0.549. The molecule has 0 radical (unpaired) electrons. The second-order valence-electron chi connectivity index (χ2n) is 8.57. The van der Waals surface area contributed by atoms with Crippen LogP contribution in [-0.4, -0.2) is 41.4 Å². The van der Waals surface area contributed by atoms with Gasteiger partial charge in [0.25, 0.3) is 0 Å². The number of rotatable bonds is 3. The first-order chi connectivity index (χ1) is 15.6. The molecule has 0 N–H and O–H groups in total. The van der Waals surface area contributed by atoms with Crippen LogP contribution in [0.25, 0.3) is 5.57 Å². The van der Waals surface area contributed by atoms with Crippen molar-refractivity contribution in [1.82, 2.24) is 4.90 Å². The van der Waals surface area contributed by atoms with Crippen LogP contribution in [0.5, 0.6) is 11.5 Å². The molecule has 0 bridgehead atoms. The number of amides is 1. The van der Waals surface area contributed by atoms with Gasteiger partial charge in [0, 0.05) is 13.0 Å². The molecular weight excluding hydrogens is 410 g/mol. The van der Waals surface area contributed by atoms with E-state index < -0.39 is 17.4 Å². The Hall–Kier alpha value is -3.61. The molecule has 1 fully saturated rings. The third-order valence-corrected chi connectivity index (χ3v) is 6.97. The molecule has 1 aliphatic carbocycles. The van der Waals surface area contributed by atoms with Gasteiger partial charge in [-0.2, -0.15) is 0 Å². The Bertz CT molecular complexity index is 1190. The predicted molar refractivity (Wildman–Crippen MR) is 113 cm³/mol. The molecular formula is C25H21NO6. The molecule has 1 saturated heterocycles. The van der Waals surface area contributed by atoms with Crippen molar-refractivity contribution < 1.29 is 28.6 Å². The summed E-state index contributed by atoms with van der Waals surface area (Å²) in [5, 5.41) is 0. The molecule has 0 saturated carbocycles. The Labute approximate surface area is 184 Å². The van der Waals surface area contributed by atoms with Crippen molar-refractivity contribution in [2.45, 2.75) is 31.4 Å². The van der Waals surface area contributed by atoms with Crippen LogP contribution in [0, 0.1) is 5.92 Å². The zero-order valence-corrected chi connectivity index (χ0v) is 17.3. The summed E-state index contributed by atoms with van der Waals surface area (Å²) in [6.45, 7) is 0.664. The second-order valence-corrected chi connectivity index (χ2v) is 8.57. The maximum Gasteiger partial charge on any atom is 0.319 e. The van der Waals surface area contributed by atoms with Gasteiger partial charge in [-0.05, 0) is 53.3 Å². The molecule has 1 spiro atoms. The van der Waals surface area contributed by atoms with E-state index >= 15 is 0 Å². The van der Waals surface area contributed by atoms with E-state index in [9.17, 15) is 14.4 Å². The largest absolute Gasteiger partial charge is 0.460 e. The normalized spacial score (nSPS) is 25.1. The van der Waals surface area contributed by atoms with Gasteiger partial charge < -0.3 is 19.1 Å². The first-order valence-corrected chi connectivity index (χ1v) is 10.8. The lowest BCUT2D eigenvalue weighted by atomic mass is 9.77. The van der Waals surface area contributed by atoms with Crippen LogP contribution in [-0.2, 0) is 32.1 Å². The number of carbonyl (C=O) groups is 3. The third kappa shape index (κ3) is 2.63. The zero-order chi connectivity index (χ0) is 21.9. The highest BCUT2D eigenvalue weighted by Crippen LogP contribution is 2.54. The molecule has 1 amide bonds. The number of nitrogens with zero attached hydrogens (tertiary/aromatic N) is 1. The first-order valence-electron chi connectivity index (χ1n) is 10.8. The molecule has 2 aromatic rings. The number of ether oxygens (including phenoxy) is 3. The fourth-order valence-electron chi connectivity index (χ4n) is 5.54. The average Bonchev–Trinajstić information content (AvgIpc) is 3.45. The van der Waals surface area contributed by atoms with Gasteiger partial charge >= 0.3 is 5.97 Å². The molecule has 32 heavy (non-hydrogen) atoms. The number of allylic oxidation sites excluding steroid dienone is 1. The number of carbonyl (C=O) groups excluding carboxylic acids is 3. The van der Waals surface area contributed by atoms with E-state index in [1.807, 2.05) is 42.5 Å². The van der Waals surface area contributed by atoms with Crippen molar-refractivity contribution in [3.8, 4) is 11.5 Å². The van der Waals surface area contributed by atoms with E-state index in [0.29, 0.717) is 42.9 Å². The van der Waals surface area contributed by atoms with Crippen molar-refractivity contribution in [3.05, 3.63) is 65.2 Å². The topological polar surface area (TPSA) is 82.1 Å². The van der Waals surface area contributed by atoms with Crippen molar-refractivity contribution >= 4 is 23.2 Å². The average molecular weight is 431 g/mol. The highest BCUT2D eigenvalue weighted by atomic mass is 16.7. The van der Waals surface area contributed by atoms with E-state index in [1.54, 1.807) is 4.90 Å². The number of benzene rings is 2. The maximum absolute atomic E-state index is 13.3. The molecule has 6 rings (SSSR count). The molecule has 7 nitrogen and oxygen atoms in total. The summed E-state index contributed by atoms with van der Waals surface area (Å²) in [6, 6.07) is 13.1. The Morgan fingerprint density at radius 2 is 1.88 bits per heavy atom. The number of fused-ring (bicyclic) bond motifs is 3. The fourth-order valence-corrected chi connectivity index (χ4v) is 5.54. The van der Waals surface area contributed by atoms with Gasteiger partial charge in [-0.15, -0.1) is 0 Å². The van der Waals surface area contributed by atoms with Crippen molar-refractivity contribution in [3.63, 3.8) is 0 Å². The molecule has 4 aliphatic rings. The number of esters is 1. The minimum Gasteiger partial charge on any atom is -0.460 e. The van der Waals surface area contributed by atoms with E-state index in [4.69, 9.17) is 14.2 Å². The lowest BCUT2D eigenvalue weighted by Gasteiger charge is -2.39. The highest BCUT2D eigenvalue weighted by Gasteiger charge is 2.62. The maximum atomic E-state index is 13.3. The molecule has 162 valence electrons. The van der Waals surface area contributed by atoms with Gasteiger partial charge in [0.05, 0.1) is 5.54 Å². The molecule has 3 heterocycles. The number of hydrogen-bond donors (Lipinski definition) is 0. The zero-order valence-electron chi connectivity index (χ0n) is 17.3. The summed E-state index contributed by atoms with van der Waals surface area (Å²) >= 11 is 0. The predicted octanol–water partition coefficient (Wildman–Crippen LogP) is 2.66. The molecule has 2 atom stereocenters. The second kappa shape index (κ2) is 6.95. The van der Waals surface area contributed by atoms with Crippen LogP contribution in [0.15, 0.2) is 48.5 Å². The van der Waals surface area contributed by atoms with Gasteiger partial charge in [-0.3, -0.25) is 14.4 Å². The first kappa shape index (κ1) is 19.1. The van der Waals surface area contributed by atoms with E-state index in [0.717, 1.165) is 16.7 Å². The van der Waals surface area contributed by atoms with E-state index in [1.165, 1.54) is 6.08 Å². The van der Waals surface area contributed by atoms with Crippen LogP contribution < -0.4 is 9.47 Å². The summed E-state index contributed by atoms with van der Waals surface area (Å²) in [5.41, 5.74) is 2.36. The lowest BCUT2D eigenvalue weighted by Crippen LogP contribution is -2.54. The monoisotopic (exact) mass is 431 g/mol.